The minimum absolute atomic E-state index is 0.126. The zero-order chi connectivity index (χ0) is 10.7. The predicted molar refractivity (Wildman–Crippen MR) is 49.6 cm³/mol. The number of nitrogens with two attached hydrogens (primary N) is 1. The van der Waals surface area contributed by atoms with Gasteiger partial charge in [0.1, 0.15) is 0 Å². The Morgan fingerprint density at radius 1 is 1.64 bits per heavy atom. The third kappa shape index (κ3) is 1.90. The van der Waals surface area contributed by atoms with Crippen molar-refractivity contribution in [2.24, 2.45) is 5.73 Å². The fraction of sp³-hybridized carbons (Fsp3) is 0.625. The minimum Gasteiger partial charge on any atom is -0.378 e. The van der Waals surface area contributed by atoms with Gasteiger partial charge in [-0.25, -0.2) is 4.68 Å². The summed E-state index contributed by atoms with van der Waals surface area (Å²) in [4.78, 5) is 11.0. The van der Waals surface area contributed by atoms with E-state index in [2.05, 4.69) is 10.3 Å². The lowest BCUT2D eigenvalue weighted by molar-refractivity contribution is 0.0989. The molecule has 1 heterocycles. The quantitative estimate of drug-likeness (QED) is 0.744. The standard InChI is InChI=1S/C8H14N4O2/c1-5(2)12-6(4-14-3)7(8(9)13)10-11-12/h5H,4H2,1-3H3,(H2,9,13). The van der Waals surface area contributed by atoms with Gasteiger partial charge in [0, 0.05) is 13.2 Å². The molecule has 0 saturated heterocycles. The number of nitrogens with zero attached hydrogens (tertiary/aromatic N) is 3. The number of aromatic nitrogens is 3. The minimum atomic E-state index is -0.580. The number of amides is 1. The van der Waals surface area contributed by atoms with E-state index in [0.717, 1.165) is 0 Å². The van der Waals surface area contributed by atoms with Crippen molar-refractivity contribution < 1.29 is 9.53 Å². The van der Waals surface area contributed by atoms with Crippen molar-refractivity contribution in [3.05, 3.63) is 11.4 Å². The molecular weight excluding hydrogens is 184 g/mol. The summed E-state index contributed by atoms with van der Waals surface area (Å²) in [7, 11) is 1.54. The third-order valence-electron chi connectivity index (χ3n) is 1.79. The summed E-state index contributed by atoms with van der Waals surface area (Å²) in [5, 5.41) is 7.56. The molecule has 1 aromatic rings. The van der Waals surface area contributed by atoms with Gasteiger partial charge >= 0.3 is 0 Å². The van der Waals surface area contributed by atoms with Crippen LogP contribution in [0.15, 0.2) is 0 Å². The number of carbonyl (C=O) groups excluding carboxylic acids is 1. The average molecular weight is 198 g/mol. The second-order valence-corrected chi connectivity index (χ2v) is 3.22. The van der Waals surface area contributed by atoms with E-state index in [1.54, 1.807) is 11.8 Å². The summed E-state index contributed by atoms with van der Waals surface area (Å²) in [6, 6.07) is 0.126. The van der Waals surface area contributed by atoms with Gasteiger partial charge in [-0.15, -0.1) is 5.10 Å². The molecule has 2 N–H and O–H groups in total. The first-order valence-corrected chi connectivity index (χ1v) is 4.30. The number of carbonyl (C=O) groups is 1. The van der Waals surface area contributed by atoms with Crippen LogP contribution in [0.2, 0.25) is 0 Å². The molecule has 78 valence electrons. The fourth-order valence-corrected chi connectivity index (χ4v) is 1.19. The van der Waals surface area contributed by atoms with Crippen molar-refractivity contribution in [1.82, 2.24) is 15.0 Å². The Morgan fingerprint density at radius 2 is 2.29 bits per heavy atom. The largest absolute Gasteiger partial charge is 0.378 e. The average Bonchev–Trinajstić information content (AvgIpc) is 2.48. The smallest absolute Gasteiger partial charge is 0.271 e. The van der Waals surface area contributed by atoms with Gasteiger partial charge in [-0.3, -0.25) is 4.79 Å². The van der Waals surface area contributed by atoms with Crippen LogP contribution >= 0.6 is 0 Å². The lowest BCUT2D eigenvalue weighted by atomic mass is 10.3. The molecule has 6 nitrogen and oxygen atoms in total. The molecule has 1 rings (SSSR count). The maximum absolute atomic E-state index is 11.0. The number of rotatable bonds is 4. The predicted octanol–water partition coefficient (Wildman–Crippen LogP) is 0.104. The fourth-order valence-electron chi connectivity index (χ4n) is 1.19. The van der Waals surface area contributed by atoms with E-state index in [-0.39, 0.29) is 18.3 Å². The van der Waals surface area contributed by atoms with Crippen LogP contribution in [-0.2, 0) is 11.3 Å². The SMILES string of the molecule is COCc1c(C(N)=O)nnn1C(C)C. The summed E-state index contributed by atoms with van der Waals surface area (Å²) in [5.74, 6) is -0.580. The maximum Gasteiger partial charge on any atom is 0.271 e. The molecule has 6 heteroatoms. The van der Waals surface area contributed by atoms with Crippen LogP contribution in [0.3, 0.4) is 0 Å². The monoisotopic (exact) mass is 198 g/mol. The van der Waals surface area contributed by atoms with Crippen LogP contribution in [0.4, 0.5) is 0 Å². The van der Waals surface area contributed by atoms with E-state index < -0.39 is 5.91 Å². The van der Waals surface area contributed by atoms with E-state index >= 15 is 0 Å². The zero-order valence-electron chi connectivity index (χ0n) is 8.52. The van der Waals surface area contributed by atoms with Crippen LogP contribution in [0, 0.1) is 0 Å². The number of ether oxygens (including phenoxy) is 1. The molecule has 0 aliphatic carbocycles. The second kappa shape index (κ2) is 4.19. The molecule has 0 fully saturated rings. The molecule has 0 aliphatic heterocycles. The number of methoxy groups -OCH3 is 1. The third-order valence-corrected chi connectivity index (χ3v) is 1.79. The van der Waals surface area contributed by atoms with Gasteiger partial charge in [-0.1, -0.05) is 5.21 Å². The van der Waals surface area contributed by atoms with Gasteiger partial charge < -0.3 is 10.5 Å². The van der Waals surface area contributed by atoms with Gasteiger partial charge in [0.15, 0.2) is 5.69 Å². The van der Waals surface area contributed by atoms with Crippen molar-refractivity contribution in [3.63, 3.8) is 0 Å². The highest BCUT2D eigenvalue weighted by atomic mass is 16.5. The molecule has 0 unspecified atom stereocenters. The molecule has 1 aromatic heterocycles. The molecule has 0 atom stereocenters. The Morgan fingerprint density at radius 3 is 2.71 bits per heavy atom. The summed E-state index contributed by atoms with van der Waals surface area (Å²) in [6.45, 7) is 4.17. The molecular formula is C8H14N4O2. The van der Waals surface area contributed by atoms with Crippen LogP contribution in [0.5, 0.6) is 0 Å². The van der Waals surface area contributed by atoms with E-state index in [1.807, 2.05) is 13.8 Å². The first-order chi connectivity index (χ1) is 6.57. The van der Waals surface area contributed by atoms with E-state index in [4.69, 9.17) is 10.5 Å². The molecule has 0 aliphatic rings. The first kappa shape index (κ1) is 10.6. The number of hydrogen-bond acceptors (Lipinski definition) is 4. The molecule has 14 heavy (non-hydrogen) atoms. The topological polar surface area (TPSA) is 83.0 Å². The molecule has 0 spiro atoms. The van der Waals surface area contributed by atoms with Crippen LogP contribution in [-0.4, -0.2) is 28.0 Å². The Bertz CT molecular complexity index is 332. The van der Waals surface area contributed by atoms with E-state index in [1.165, 1.54) is 0 Å². The van der Waals surface area contributed by atoms with Crippen LogP contribution in [0.1, 0.15) is 36.1 Å². The second-order valence-electron chi connectivity index (χ2n) is 3.22. The molecule has 0 aromatic carbocycles. The lowest BCUT2D eigenvalue weighted by Crippen LogP contribution is -2.16. The van der Waals surface area contributed by atoms with Gasteiger partial charge in [0.2, 0.25) is 0 Å². The normalized spacial score (nSPS) is 10.9. The van der Waals surface area contributed by atoms with Gasteiger partial charge in [0.05, 0.1) is 12.3 Å². The highest BCUT2D eigenvalue weighted by Gasteiger charge is 2.18. The zero-order valence-corrected chi connectivity index (χ0v) is 8.52. The summed E-state index contributed by atoms with van der Waals surface area (Å²) in [5.41, 5.74) is 5.95. The summed E-state index contributed by atoms with van der Waals surface area (Å²) >= 11 is 0. The molecule has 0 radical (unpaired) electrons. The van der Waals surface area contributed by atoms with Crippen molar-refractivity contribution in [1.29, 1.82) is 0 Å². The van der Waals surface area contributed by atoms with Crippen molar-refractivity contribution in [3.8, 4) is 0 Å². The lowest BCUT2D eigenvalue weighted by Gasteiger charge is -2.08. The molecule has 0 saturated carbocycles. The van der Waals surface area contributed by atoms with Crippen molar-refractivity contribution in [2.75, 3.05) is 7.11 Å². The van der Waals surface area contributed by atoms with Gasteiger partial charge in [-0.2, -0.15) is 0 Å². The summed E-state index contributed by atoms with van der Waals surface area (Å²) < 4.78 is 6.59. The first-order valence-electron chi connectivity index (χ1n) is 4.30. The maximum atomic E-state index is 11.0. The highest BCUT2D eigenvalue weighted by Crippen LogP contribution is 2.11. The number of hydrogen-bond donors (Lipinski definition) is 1. The van der Waals surface area contributed by atoms with E-state index in [0.29, 0.717) is 5.69 Å². The molecule has 0 bridgehead atoms. The summed E-state index contributed by atoms with van der Waals surface area (Å²) in [6.07, 6.45) is 0. The van der Waals surface area contributed by atoms with Crippen LogP contribution < -0.4 is 5.73 Å². The Balaban J connectivity index is 3.13. The highest BCUT2D eigenvalue weighted by molar-refractivity contribution is 5.91. The van der Waals surface area contributed by atoms with Crippen LogP contribution in [0.25, 0.3) is 0 Å². The Hall–Kier alpha value is -1.43. The van der Waals surface area contributed by atoms with Gasteiger partial charge in [0.25, 0.3) is 5.91 Å². The van der Waals surface area contributed by atoms with Crippen molar-refractivity contribution in [2.45, 2.75) is 26.5 Å². The molecule has 1 amide bonds. The Kier molecular flexibility index (Phi) is 3.19. The Labute approximate surface area is 82.0 Å². The van der Waals surface area contributed by atoms with Gasteiger partial charge in [-0.05, 0) is 13.8 Å². The van der Waals surface area contributed by atoms with Crippen molar-refractivity contribution >= 4 is 5.91 Å². The number of primary amides is 1. The van der Waals surface area contributed by atoms with E-state index in [9.17, 15) is 4.79 Å².